The third-order valence-electron chi connectivity index (χ3n) is 3.24. The van der Waals surface area contributed by atoms with Gasteiger partial charge in [-0.15, -0.1) is 0 Å². The van der Waals surface area contributed by atoms with Crippen LogP contribution in [-0.4, -0.2) is 59.4 Å². The summed E-state index contributed by atoms with van der Waals surface area (Å²) in [6, 6.07) is -2.50. The Balaban J connectivity index is 4.42. The van der Waals surface area contributed by atoms with Gasteiger partial charge in [0.25, 0.3) is 0 Å². The van der Waals surface area contributed by atoms with E-state index in [1.807, 2.05) is 0 Å². The largest absolute Gasteiger partial charge is 0.444 e. The van der Waals surface area contributed by atoms with Gasteiger partial charge >= 0.3 is 6.09 Å². The first kappa shape index (κ1) is 25.2. The van der Waals surface area contributed by atoms with Crippen LogP contribution in [-0.2, 0) is 19.1 Å². The molecule has 0 unspecified atom stereocenters. The van der Waals surface area contributed by atoms with Gasteiger partial charge in [0.1, 0.15) is 23.7 Å². The first-order valence-corrected chi connectivity index (χ1v) is 9.93. The lowest BCUT2D eigenvalue weighted by Gasteiger charge is -2.23. The molecular weight excluding hydrogens is 420 g/mol. The smallest absolute Gasteiger partial charge is 0.408 e. The first-order valence-electron chi connectivity index (χ1n) is 8.81. The first-order chi connectivity index (χ1) is 12.4. The molecule has 9 nitrogen and oxygen atoms in total. The highest BCUT2D eigenvalue weighted by Gasteiger charge is 2.25. The summed E-state index contributed by atoms with van der Waals surface area (Å²) in [6.07, 6.45) is 0.0533. The van der Waals surface area contributed by atoms with Crippen molar-refractivity contribution < 1.29 is 23.9 Å². The summed E-state index contributed by atoms with van der Waals surface area (Å²) in [5.41, 5.74) is -0.682. The van der Waals surface area contributed by atoms with Crippen LogP contribution in [0.15, 0.2) is 0 Å². The maximum Gasteiger partial charge on any atom is 0.408 e. The Morgan fingerprint density at radius 3 is 1.74 bits per heavy atom. The fourth-order valence-electron chi connectivity index (χ4n) is 1.79. The topological polar surface area (TPSA) is 126 Å². The van der Waals surface area contributed by atoms with Crippen LogP contribution in [0.4, 0.5) is 4.79 Å². The molecule has 0 fully saturated rings. The standard InChI is InChI=1S/C17H31BrN4O5/c1-10(13(23)19-9-7-8-18)20-14(24)11(2)21-15(25)12(3)22-16(26)27-17(4,5)6/h10-12H,7-9H2,1-6H3,(H,19,23)(H,20,24)(H,21,25)(H,22,26)/t10-,11-,12-/m0/s1. The highest BCUT2D eigenvalue weighted by Crippen LogP contribution is 2.06. The van der Waals surface area contributed by atoms with Crippen LogP contribution in [0.2, 0.25) is 0 Å². The van der Waals surface area contributed by atoms with E-state index in [0.29, 0.717) is 6.54 Å². The molecule has 0 aromatic rings. The summed E-state index contributed by atoms with van der Waals surface area (Å²) in [7, 11) is 0. The number of alkyl carbamates (subject to hydrolysis) is 1. The van der Waals surface area contributed by atoms with Gasteiger partial charge in [0.05, 0.1) is 0 Å². The Bertz CT molecular complexity index is 536. The normalized spacial score (nSPS) is 14.3. The molecule has 0 bridgehead atoms. The summed E-state index contributed by atoms with van der Waals surface area (Å²) >= 11 is 3.26. The van der Waals surface area contributed by atoms with Gasteiger partial charge in [-0.1, -0.05) is 15.9 Å². The molecule has 0 radical (unpaired) electrons. The molecule has 156 valence electrons. The van der Waals surface area contributed by atoms with E-state index in [0.717, 1.165) is 11.8 Å². The molecule has 0 aliphatic rings. The van der Waals surface area contributed by atoms with E-state index in [-0.39, 0.29) is 5.91 Å². The van der Waals surface area contributed by atoms with Crippen LogP contribution in [0.25, 0.3) is 0 Å². The highest BCUT2D eigenvalue weighted by atomic mass is 79.9. The third kappa shape index (κ3) is 11.5. The van der Waals surface area contributed by atoms with Crippen molar-refractivity contribution in [1.82, 2.24) is 21.3 Å². The number of carbonyl (C=O) groups is 4. The van der Waals surface area contributed by atoms with E-state index in [1.54, 1.807) is 27.7 Å². The molecule has 27 heavy (non-hydrogen) atoms. The zero-order valence-corrected chi connectivity index (χ0v) is 18.4. The molecule has 0 rings (SSSR count). The highest BCUT2D eigenvalue weighted by molar-refractivity contribution is 9.09. The summed E-state index contributed by atoms with van der Waals surface area (Å²) in [5.74, 6) is -1.35. The Morgan fingerprint density at radius 1 is 0.852 bits per heavy atom. The summed E-state index contributed by atoms with van der Waals surface area (Å²) in [6.45, 7) is 10.2. The molecule has 3 atom stereocenters. The van der Waals surface area contributed by atoms with Crippen molar-refractivity contribution in [3.63, 3.8) is 0 Å². The molecule has 0 heterocycles. The van der Waals surface area contributed by atoms with E-state index in [9.17, 15) is 19.2 Å². The molecule has 0 spiro atoms. The Labute approximate surface area is 168 Å². The van der Waals surface area contributed by atoms with Gasteiger partial charge in [0.2, 0.25) is 17.7 Å². The Morgan fingerprint density at radius 2 is 1.30 bits per heavy atom. The summed E-state index contributed by atoms with van der Waals surface area (Å²) < 4.78 is 5.07. The number of alkyl halides is 1. The minimum absolute atomic E-state index is 0.303. The zero-order valence-electron chi connectivity index (χ0n) is 16.8. The van der Waals surface area contributed by atoms with Gasteiger partial charge in [-0.2, -0.15) is 0 Å². The van der Waals surface area contributed by atoms with Gasteiger partial charge in [0.15, 0.2) is 0 Å². The lowest BCUT2D eigenvalue weighted by molar-refractivity contribution is -0.131. The van der Waals surface area contributed by atoms with E-state index in [1.165, 1.54) is 13.8 Å². The van der Waals surface area contributed by atoms with Crippen molar-refractivity contribution in [2.24, 2.45) is 0 Å². The summed E-state index contributed by atoms with van der Waals surface area (Å²) in [4.78, 5) is 47.8. The second-order valence-corrected chi connectivity index (χ2v) is 7.96. The number of hydrogen-bond donors (Lipinski definition) is 4. The van der Waals surface area contributed by atoms with Crippen LogP contribution < -0.4 is 21.3 Å². The minimum atomic E-state index is -0.889. The molecule has 0 aliphatic carbocycles. The molecule has 0 saturated heterocycles. The second kappa shape index (κ2) is 11.8. The Kier molecular flexibility index (Phi) is 11.0. The van der Waals surface area contributed by atoms with Gasteiger partial charge in [0, 0.05) is 11.9 Å². The number of hydrogen-bond acceptors (Lipinski definition) is 5. The van der Waals surface area contributed by atoms with E-state index >= 15 is 0 Å². The monoisotopic (exact) mass is 450 g/mol. The van der Waals surface area contributed by atoms with Gasteiger partial charge in [-0.05, 0) is 48.0 Å². The van der Waals surface area contributed by atoms with Crippen molar-refractivity contribution in [3.8, 4) is 0 Å². The van der Waals surface area contributed by atoms with Gasteiger partial charge in [-0.3, -0.25) is 14.4 Å². The summed E-state index contributed by atoms with van der Waals surface area (Å²) in [5, 5.41) is 10.9. The minimum Gasteiger partial charge on any atom is -0.444 e. The maximum atomic E-state index is 12.1. The number of nitrogens with one attached hydrogen (secondary N) is 4. The van der Waals surface area contributed by atoms with Crippen LogP contribution >= 0.6 is 15.9 Å². The van der Waals surface area contributed by atoms with Crippen molar-refractivity contribution in [2.45, 2.75) is 71.7 Å². The number of carbonyl (C=O) groups excluding carboxylic acids is 4. The van der Waals surface area contributed by atoms with Crippen molar-refractivity contribution in [3.05, 3.63) is 0 Å². The molecule has 4 N–H and O–H groups in total. The van der Waals surface area contributed by atoms with E-state index < -0.39 is 41.6 Å². The lowest BCUT2D eigenvalue weighted by atomic mass is 10.2. The average molecular weight is 451 g/mol. The van der Waals surface area contributed by atoms with Crippen LogP contribution in [0.3, 0.4) is 0 Å². The van der Waals surface area contributed by atoms with Gasteiger partial charge < -0.3 is 26.0 Å². The van der Waals surface area contributed by atoms with Crippen LogP contribution in [0, 0.1) is 0 Å². The average Bonchev–Trinajstić information content (AvgIpc) is 2.52. The van der Waals surface area contributed by atoms with Crippen LogP contribution in [0.1, 0.15) is 48.0 Å². The van der Waals surface area contributed by atoms with Crippen molar-refractivity contribution in [2.75, 3.05) is 11.9 Å². The fraction of sp³-hybridized carbons (Fsp3) is 0.765. The van der Waals surface area contributed by atoms with E-state index in [4.69, 9.17) is 4.74 Å². The number of ether oxygens (including phenoxy) is 1. The molecular formula is C17H31BrN4O5. The molecule has 0 aromatic heterocycles. The third-order valence-corrected chi connectivity index (χ3v) is 3.80. The second-order valence-electron chi connectivity index (χ2n) is 7.16. The van der Waals surface area contributed by atoms with Crippen molar-refractivity contribution >= 4 is 39.7 Å². The molecule has 0 aliphatic heterocycles. The molecule has 10 heteroatoms. The molecule has 0 saturated carbocycles. The van der Waals surface area contributed by atoms with Crippen LogP contribution in [0.5, 0.6) is 0 Å². The molecule has 0 aromatic carbocycles. The number of halogens is 1. The Hall–Kier alpha value is -1.84. The quantitative estimate of drug-likeness (QED) is 0.305. The number of rotatable bonds is 9. The SMILES string of the molecule is C[C@H](NC(=O)OC(C)(C)C)C(=O)N[C@@H](C)C(=O)N[C@@H](C)C(=O)NCCCBr. The zero-order chi connectivity index (χ0) is 21.2. The van der Waals surface area contributed by atoms with Gasteiger partial charge in [-0.25, -0.2) is 4.79 Å². The maximum absolute atomic E-state index is 12.1. The van der Waals surface area contributed by atoms with Crippen molar-refractivity contribution in [1.29, 1.82) is 0 Å². The lowest BCUT2D eigenvalue weighted by Crippen LogP contribution is -2.54. The number of amides is 4. The predicted molar refractivity (Wildman–Crippen MR) is 105 cm³/mol. The molecule has 4 amide bonds. The van der Waals surface area contributed by atoms with E-state index in [2.05, 4.69) is 37.2 Å². The fourth-order valence-corrected chi connectivity index (χ4v) is 2.07. The predicted octanol–water partition coefficient (Wildman–Crippen LogP) is 0.810.